The van der Waals surface area contributed by atoms with E-state index in [1.165, 1.54) is 21.8 Å². The highest BCUT2D eigenvalue weighted by atomic mass is 16.3. The second-order valence-corrected chi connectivity index (χ2v) is 6.63. The molecule has 0 saturated carbocycles. The van der Waals surface area contributed by atoms with Crippen LogP contribution in [0.4, 0.5) is 11.5 Å². The Morgan fingerprint density at radius 1 is 1.16 bits per heavy atom. The van der Waals surface area contributed by atoms with Crippen LogP contribution in [0.25, 0.3) is 0 Å². The molecule has 0 aliphatic heterocycles. The molecule has 0 saturated heterocycles. The van der Waals surface area contributed by atoms with Gasteiger partial charge in [0.15, 0.2) is 5.69 Å². The lowest BCUT2D eigenvalue weighted by Crippen LogP contribution is -2.42. The fraction of sp³-hybridized carbons (Fsp3) is 0.158. The van der Waals surface area contributed by atoms with Gasteiger partial charge in [-0.1, -0.05) is 30.3 Å². The van der Waals surface area contributed by atoms with E-state index in [9.17, 15) is 14.4 Å². The van der Waals surface area contributed by atoms with Gasteiger partial charge in [0.25, 0.3) is 5.56 Å². The van der Waals surface area contributed by atoms with Gasteiger partial charge in [-0.25, -0.2) is 9.48 Å². The number of nitrogens with zero attached hydrogens (tertiary/aromatic N) is 6. The van der Waals surface area contributed by atoms with Crippen molar-refractivity contribution in [3.05, 3.63) is 87.2 Å². The number of nitrogens with two attached hydrogens (primary N) is 1. The van der Waals surface area contributed by atoms with Crippen molar-refractivity contribution in [2.24, 2.45) is 0 Å². The summed E-state index contributed by atoms with van der Waals surface area (Å²) < 4.78 is 7.75. The molecule has 3 aromatic heterocycles. The molecule has 1 amide bonds. The van der Waals surface area contributed by atoms with Crippen LogP contribution in [-0.2, 0) is 24.4 Å². The van der Waals surface area contributed by atoms with Gasteiger partial charge in [0.2, 0.25) is 5.91 Å². The second kappa shape index (κ2) is 8.49. The summed E-state index contributed by atoms with van der Waals surface area (Å²) in [6.07, 6.45) is 2.72. The highest BCUT2D eigenvalue weighted by Gasteiger charge is 2.26. The van der Waals surface area contributed by atoms with Crippen LogP contribution in [0.1, 0.15) is 11.3 Å². The minimum absolute atomic E-state index is 0.0786. The van der Waals surface area contributed by atoms with Crippen LogP contribution in [0.3, 0.4) is 0 Å². The molecule has 0 spiro atoms. The number of nitrogen functional groups attached to an aromatic ring is 1. The molecule has 0 radical (unpaired) electrons. The summed E-state index contributed by atoms with van der Waals surface area (Å²) in [5, 5.41) is 10.7. The van der Waals surface area contributed by atoms with Crippen molar-refractivity contribution < 1.29 is 9.21 Å². The number of aromatic amines is 1. The molecular weight excluding hydrogens is 404 g/mol. The van der Waals surface area contributed by atoms with Crippen LogP contribution in [-0.4, -0.2) is 35.7 Å². The molecule has 1 aromatic carbocycles. The van der Waals surface area contributed by atoms with Crippen molar-refractivity contribution in [3.8, 4) is 0 Å². The molecular formula is C19H18N8O4. The predicted molar refractivity (Wildman–Crippen MR) is 109 cm³/mol. The van der Waals surface area contributed by atoms with Crippen molar-refractivity contribution in [3.63, 3.8) is 0 Å². The van der Waals surface area contributed by atoms with E-state index in [4.69, 9.17) is 10.2 Å². The number of tetrazole rings is 1. The fourth-order valence-corrected chi connectivity index (χ4v) is 3.09. The molecule has 0 fully saturated rings. The molecule has 3 heterocycles. The van der Waals surface area contributed by atoms with Gasteiger partial charge < -0.3 is 10.2 Å². The van der Waals surface area contributed by atoms with E-state index in [2.05, 4.69) is 20.5 Å². The van der Waals surface area contributed by atoms with E-state index in [-0.39, 0.29) is 31.1 Å². The fourth-order valence-electron chi connectivity index (χ4n) is 3.09. The third kappa shape index (κ3) is 4.27. The van der Waals surface area contributed by atoms with Gasteiger partial charge in [-0.05, 0) is 28.1 Å². The van der Waals surface area contributed by atoms with Crippen molar-refractivity contribution in [2.75, 3.05) is 10.6 Å². The number of hydrogen-bond donors (Lipinski definition) is 2. The lowest BCUT2D eigenvalue weighted by atomic mass is 10.2. The summed E-state index contributed by atoms with van der Waals surface area (Å²) >= 11 is 0. The lowest BCUT2D eigenvalue weighted by molar-refractivity contribution is -0.119. The first kappa shape index (κ1) is 19.8. The maximum absolute atomic E-state index is 13.1. The second-order valence-electron chi connectivity index (χ2n) is 6.63. The summed E-state index contributed by atoms with van der Waals surface area (Å²) in [5.41, 5.74) is 5.41. The molecule has 0 atom stereocenters. The van der Waals surface area contributed by atoms with Crippen LogP contribution in [0, 0.1) is 0 Å². The number of benzene rings is 1. The van der Waals surface area contributed by atoms with E-state index >= 15 is 0 Å². The van der Waals surface area contributed by atoms with Crippen molar-refractivity contribution in [1.82, 2.24) is 29.8 Å². The summed E-state index contributed by atoms with van der Waals surface area (Å²) in [6.45, 7) is -0.208. The smallest absolute Gasteiger partial charge is 0.330 e. The number of aromatic nitrogens is 6. The Balaban J connectivity index is 1.77. The Hall–Kier alpha value is -4.48. The summed E-state index contributed by atoms with van der Waals surface area (Å²) in [4.78, 5) is 41.6. The van der Waals surface area contributed by atoms with E-state index < -0.39 is 17.2 Å². The standard InChI is InChI=1S/C19H18N8O4/c20-17-16(18(29)22-19(30)27(17)9-13-5-2-1-3-6-13)26(10-14-7-4-8-31-14)15(28)11-25-12-21-23-24-25/h1-8,12H,9-11,20H2,(H,22,29,30). The van der Waals surface area contributed by atoms with E-state index in [0.29, 0.717) is 5.76 Å². The minimum atomic E-state index is -0.788. The van der Waals surface area contributed by atoms with Crippen LogP contribution < -0.4 is 21.9 Å². The molecule has 0 unspecified atom stereocenters. The number of furan rings is 1. The molecule has 31 heavy (non-hydrogen) atoms. The van der Waals surface area contributed by atoms with Gasteiger partial charge in [0, 0.05) is 0 Å². The monoisotopic (exact) mass is 422 g/mol. The van der Waals surface area contributed by atoms with Crippen LogP contribution in [0.5, 0.6) is 0 Å². The number of anilines is 2. The molecule has 12 heteroatoms. The van der Waals surface area contributed by atoms with Gasteiger partial charge in [0.05, 0.1) is 19.4 Å². The highest BCUT2D eigenvalue weighted by molar-refractivity contribution is 5.95. The molecule has 4 rings (SSSR count). The third-order valence-electron chi connectivity index (χ3n) is 4.55. The molecule has 158 valence electrons. The van der Waals surface area contributed by atoms with Crippen LogP contribution in [0.15, 0.2) is 69.1 Å². The van der Waals surface area contributed by atoms with Gasteiger partial charge >= 0.3 is 5.69 Å². The largest absolute Gasteiger partial charge is 0.467 e. The van der Waals surface area contributed by atoms with E-state index in [0.717, 1.165) is 10.5 Å². The summed E-state index contributed by atoms with van der Waals surface area (Å²) in [6, 6.07) is 12.4. The van der Waals surface area contributed by atoms with Gasteiger partial charge in [-0.3, -0.25) is 24.0 Å². The molecule has 4 aromatic rings. The number of carbonyl (C=O) groups excluding carboxylic acids is 1. The SMILES string of the molecule is Nc1c(N(Cc2ccco2)C(=O)Cn2cnnn2)c(=O)[nH]c(=O)n1Cc1ccccc1. The summed E-state index contributed by atoms with van der Waals surface area (Å²) in [5.74, 6) is -0.246. The van der Waals surface area contributed by atoms with Gasteiger partial charge in [-0.15, -0.1) is 5.10 Å². The first-order valence-electron chi connectivity index (χ1n) is 9.23. The molecule has 12 nitrogen and oxygen atoms in total. The zero-order valence-electron chi connectivity index (χ0n) is 16.2. The Labute approximate surface area is 174 Å². The van der Waals surface area contributed by atoms with E-state index in [1.807, 2.05) is 30.3 Å². The van der Waals surface area contributed by atoms with Crippen molar-refractivity contribution >= 4 is 17.4 Å². The Morgan fingerprint density at radius 3 is 2.65 bits per heavy atom. The maximum atomic E-state index is 13.1. The number of amides is 1. The predicted octanol–water partition coefficient (Wildman–Crippen LogP) is -0.0200. The highest BCUT2D eigenvalue weighted by Crippen LogP contribution is 2.21. The Bertz CT molecular complexity index is 1280. The van der Waals surface area contributed by atoms with Gasteiger partial charge in [0.1, 0.15) is 24.5 Å². The molecule has 0 aliphatic carbocycles. The van der Waals surface area contributed by atoms with Crippen LogP contribution in [0.2, 0.25) is 0 Å². The zero-order chi connectivity index (χ0) is 21.8. The minimum Gasteiger partial charge on any atom is -0.467 e. The average molecular weight is 422 g/mol. The third-order valence-corrected chi connectivity index (χ3v) is 4.55. The molecule has 0 bridgehead atoms. The van der Waals surface area contributed by atoms with Crippen molar-refractivity contribution in [2.45, 2.75) is 19.6 Å². The first-order chi connectivity index (χ1) is 15.0. The molecule has 0 aliphatic rings. The topological polar surface area (TPSA) is 158 Å². The number of H-pyrrole nitrogens is 1. The van der Waals surface area contributed by atoms with Gasteiger partial charge in [-0.2, -0.15) is 0 Å². The molecule has 3 N–H and O–H groups in total. The van der Waals surface area contributed by atoms with Crippen molar-refractivity contribution in [1.29, 1.82) is 0 Å². The number of carbonyl (C=O) groups is 1. The normalized spacial score (nSPS) is 10.8. The zero-order valence-corrected chi connectivity index (χ0v) is 16.2. The maximum Gasteiger partial charge on any atom is 0.330 e. The lowest BCUT2D eigenvalue weighted by Gasteiger charge is -2.23. The Kier molecular flexibility index (Phi) is 5.43. The average Bonchev–Trinajstić information content (AvgIpc) is 3.45. The number of nitrogens with one attached hydrogen (secondary N) is 1. The van der Waals surface area contributed by atoms with Crippen LogP contribution >= 0.6 is 0 Å². The number of hydrogen-bond acceptors (Lipinski definition) is 8. The Morgan fingerprint density at radius 2 is 1.97 bits per heavy atom. The number of rotatable bonds is 7. The summed E-state index contributed by atoms with van der Waals surface area (Å²) in [7, 11) is 0. The quantitative estimate of drug-likeness (QED) is 0.420. The first-order valence-corrected chi connectivity index (χ1v) is 9.23. The van der Waals surface area contributed by atoms with E-state index in [1.54, 1.807) is 12.1 Å².